The molecular weight excluding hydrogens is 424 g/mol. The van der Waals surface area contributed by atoms with Crippen LogP contribution in [0.5, 0.6) is 5.75 Å². The van der Waals surface area contributed by atoms with E-state index in [1.54, 1.807) is 26.2 Å². The molecule has 3 aliphatic rings. The number of aromatic hydroxyl groups is 1. The van der Waals surface area contributed by atoms with Crippen LogP contribution in [0.4, 0.5) is 5.69 Å². The van der Waals surface area contributed by atoms with Gasteiger partial charge in [-0.05, 0) is 69.4 Å². The van der Waals surface area contributed by atoms with Crippen LogP contribution >= 0.6 is 0 Å². The predicted octanol–water partition coefficient (Wildman–Crippen LogP) is 3.69. The van der Waals surface area contributed by atoms with Gasteiger partial charge in [0.1, 0.15) is 5.75 Å². The summed E-state index contributed by atoms with van der Waals surface area (Å²) < 4.78 is 5.42. The van der Waals surface area contributed by atoms with Crippen molar-refractivity contribution >= 4 is 29.0 Å². The minimum atomic E-state index is -0.783. The maximum Gasteiger partial charge on any atom is 0.306 e. The molecule has 2 fully saturated rings. The quantitative estimate of drug-likeness (QED) is 0.443. The number of amides is 1. The fraction of sp³-hybridized carbons (Fsp3) is 0.583. The Balaban J connectivity index is 1.46. The Labute approximate surface area is 193 Å². The molecule has 9 nitrogen and oxygen atoms in total. The Kier molecular flexibility index (Phi) is 6.97. The number of carbonyl (C=O) groups excluding carboxylic acids is 1. The van der Waals surface area contributed by atoms with E-state index in [1.807, 2.05) is 6.07 Å². The third-order valence-corrected chi connectivity index (χ3v) is 7.15. The number of ether oxygens (including phenoxy) is 1. The average Bonchev–Trinajstić information content (AvgIpc) is 3.11. The number of benzene rings is 1. The Hall–Kier alpha value is -2.94. The molecule has 1 aromatic carbocycles. The molecule has 0 spiro atoms. The van der Waals surface area contributed by atoms with E-state index >= 15 is 0 Å². The van der Waals surface area contributed by atoms with Crippen molar-refractivity contribution < 1.29 is 24.5 Å². The summed E-state index contributed by atoms with van der Waals surface area (Å²) in [7, 11) is 1.72. The van der Waals surface area contributed by atoms with Crippen molar-refractivity contribution in [1.29, 1.82) is 0 Å². The van der Waals surface area contributed by atoms with Gasteiger partial charge in [0.15, 0.2) is 5.71 Å². The van der Waals surface area contributed by atoms with E-state index in [2.05, 4.69) is 15.6 Å². The number of methoxy groups -OCH3 is 1. The molecule has 1 amide bonds. The summed E-state index contributed by atoms with van der Waals surface area (Å²) in [6, 6.07) is 5.36. The number of phenolic OH excluding ortho intramolecular Hbond substituents is 1. The Morgan fingerprint density at radius 3 is 2.67 bits per heavy atom. The zero-order valence-electron chi connectivity index (χ0n) is 19.2. The highest BCUT2D eigenvalue weighted by Gasteiger charge is 2.36. The highest BCUT2D eigenvalue weighted by atomic mass is 16.5. The second-order valence-electron chi connectivity index (χ2n) is 9.22. The third-order valence-electron chi connectivity index (χ3n) is 7.15. The maximum absolute atomic E-state index is 13.0. The monoisotopic (exact) mass is 456 g/mol. The number of para-hydroxylation sites is 1. The van der Waals surface area contributed by atoms with Gasteiger partial charge in [-0.2, -0.15) is 10.2 Å². The number of hydrazone groups is 2. The number of anilines is 1. The van der Waals surface area contributed by atoms with Gasteiger partial charge in [0.25, 0.3) is 5.91 Å². The third kappa shape index (κ3) is 4.88. The van der Waals surface area contributed by atoms with E-state index < -0.39 is 5.97 Å². The number of hydrogen-bond acceptors (Lipinski definition) is 7. The smallest absolute Gasteiger partial charge is 0.306 e. The van der Waals surface area contributed by atoms with Crippen LogP contribution in [0.1, 0.15) is 69.8 Å². The fourth-order valence-corrected chi connectivity index (χ4v) is 5.21. The number of nitrogens with zero attached hydrogens (tertiary/aromatic N) is 3. The summed E-state index contributed by atoms with van der Waals surface area (Å²) in [6.07, 6.45) is 6.53. The molecule has 2 saturated carbocycles. The lowest BCUT2D eigenvalue weighted by atomic mass is 9.77. The lowest BCUT2D eigenvalue weighted by Gasteiger charge is -2.31. The minimum Gasteiger partial charge on any atom is -0.505 e. The molecule has 2 unspecified atom stereocenters. The van der Waals surface area contributed by atoms with Crippen LogP contribution in [0.3, 0.4) is 0 Å². The number of nitrogens with one attached hydrogen (secondary N) is 1. The molecule has 3 N–H and O–H groups in total. The molecule has 1 aromatic rings. The molecule has 0 saturated heterocycles. The van der Waals surface area contributed by atoms with Crippen molar-refractivity contribution in [1.82, 2.24) is 5.01 Å². The molecule has 0 aromatic heterocycles. The van der Waals surface area contributed by atoms with Crippen LogP contribution < -0.4 is 5.43 Å². The number of hydrogen-bond donors (Lipinski definition) is 3. The number of carbonyl (C=O) groups is 2. The maximum atomic E-state index is 13.0. The second kappa shape index (κ2) is 9.91. The SMILES string of the molecule is COC1CCC(N2N=C(C)C(=NNc3cccc(C4CCCC(C(=O)O)C4)c3O)C2=O)CC1. The Bertz CT molecular complexity index is 968. The molecule has 33 heavy (non-hydrogen) atoms. The van der Waals surface area contributed by atoms with Gasteiger partial charge >= 0.3 is 5.97 Å². The normalized spacial score (nSPS) is 29.3. The fourth-order valence-electron chi connectivity index (χ4n) is 5.21. The van der Waals surface area contributed by atoms with Crippen molar-refractivity contribution in [2.24, 2.45) is 16.1 Å². The lowest BCUT2D eigenvalue weighted by molar-refractivity contribution is -0.143. The van der Waals surface area contributed by atoms with Gasteiger partial charge in [-0.3, -0.25) is 15.0 Å². The predicted molar refractivity (Wildman–Crippen MR) is 125 cm³/mol. The largest absolute Gasteiger partial charge is 0.505 e. The van der Waals surface area contributed by atoms with E-state index in [-0.39, 0.29) is 41.3 Å². The second-order valence-corrected chi connectivity index (χ2v) is 9.22. The van der Waals surface area contributed by atoms with Crippen molar-refractivity contribution in [2.75, 3.05) is 12.5 Å². The van der Waals surface area contributed by atoms with E-state index in [9.17, 15) is 19.8 Å². The van der Waals surface area contributed by atoms with Gasteiger partial charge in [-0.15, -0.1) is 0 Å². The number of aliphatic carboxylic acids is 1. The molecule has 178 valence electrons. The summed E-state index contributed by atoms with van der Waals surface area (Å²) >= 11 is 0. The van der Waals surface area contributed by atoms with Gasteiger partial charge in [0.05, 0.1) is 29.5 Å². The van der Waals surface area contributed by atoms with E-state index in [0.717, 1.165) is 38.5 Å². The van der Waals surface area contributed by atoms with Crippen LogP contribution in [0.25, 0.3) is 0 Å². The number of carboxylic acid groups (broad SMARTS) is 1. The number of rotatable bonds is 6. The van der Waals surface area contributed by atoms with Crippen LogP contribution in [0.2, 0.25) is 0 Å². The minimum absolute atomic E-state index is 0.0246. The Morgan fingerprint density at radius 2 is 1.97 bits per heavy atom. The van der Waals surface area contributed by atoms with Gasteiger partial charge in [-0.1, -0.05) is 18.6 Å². The summed E-state index contributed by atoms with van der Waals surface area (Å²) in [5.74, 6) is -1.39. The van der Waals surface area contributed by atoms with E-state index in [4.69, 9.17) is 4.74 Å². The van der Waals surface area contributed by atoms with Gasteiger partial charge in [0, 0.05) is 7.11 Å². The van der Waals surface area contributed by atoms with Gasteiger partial charge in [-0.25, -0.2) is 5.01 Å². The molecule has 1 aliphatic heterocycles. The van der Waals surface area contributed by atoms with E-state index in [0.29, 0.717) is 29.8 Å². The Morgan fingerprint density at radius 1 is 1.21 bits per heavy atom. The molecule has 0 bridgehead atoms. The lowest BCUT2D eigenvalue weighted by Crippen LogP contribution is -2.39. The number of phenols is 1. The first-order valence-electron chi connectivity index (χ1n) is 11.7. The first-order valence-corrected chi connectivity index (χ1v) is 11.7. The van der Waals surface area contributed by atoms with Crippen LogP contribution in [0, 0.1) is 5.92 Å². The summed E-state index contributed by atoms with van der Waals surface area (Å²) in [4.78, 5) is 24.4. The van der Waals surface area contributed by atoms with Crippen LogP contribution in [-0.4, -0.2) is 57.8 Å². The van der Waals surface area contributed by atoms with Gasteiger partial charge in [0.2, 0.25) is 0 Å². The zero-order chi connectivity index (χ0) is 23.5. The van der Waals surface area contributed by atoms with Gasteiger partial charge < -0.3 is 14.9 Å². The summed E-state index contributed by atoms with van der Waals surface area (Å²) in [5.41, 5.74) is 4.71. The molecule has 2 aliphatic carbocycles. The zero-order valence-corrected chi connectivity index (χ0v) is 19.2. The van der Waals surface area contributed by atoms with Crippen molar-refractivity contribution in [3.63, 3.8) is 0 Å². The molecule has 0 radical (unpaired) electrons. The van der Waals surface area contributed by atoms with Crippen LogP contribution in [-0.2, 0) is 14.3 Å². The topological polar surface area (TPSA) is 124 Å². The first-order chi connectivity index (χ1) is 15.9. The highest BCUT2D eigenvalue weighted by molar-refractivity contribution is 6.68. The van der Waals surface area contributed by atoms with Crippen molar-refractivity contribution in [3.8, 4) is 5.75 Å². The highest BCUT2D eigenvalue weighted by Crippen LogP contribution is 2.42. The summed E-state index contributed by atoms with van der Waals surface area (Å²) in [5, 5.41) is 30.5. The standard InChI is InChI=1S/C24H32N4O5/c1-14-21(23(30)28(27-14)17-9-11-18(33-2)12-10-17)26-25-20-8-4-7-19(22(20)29)15-5-3-6-16(13-15)24(31)32/h4,7-8,15-18,25,29H,3,5-6,9-13H2,1-2H3,(H,31,32). The average molecular weight is 457 g/mol. The summed E-state index contributed by atoms with van der Waals surface area (Å²) in [6.45, 7) is 1.75. The molecular formula is C24H32N4O5. The van der Waals surface area contributed by atoms with Crippen molar-refractivity contribution in [2.45, 2.75) is 76.4 Å². The van der Waals surface area contributed by atoms with Crippen LogP contribution in [0.15, 0.2) is 28.4 Å². The molecule has 1 heterocycles. The number of carboxylic acids is 1. The van der Waals surface area contributed by atoms with Crippen molar-refractivity contribution in [3.05, 3.63) is 23.8 Å². The molecule has 9 heteroatoms. The molecule has 4 rings (SSSR count). The molecule has 2 atom stereocenters. The first kappa shape index (κ1) is 23.2. The van der Waals surface area contributed by atoms with E-state index in [1.165, 1.54) is 5.01 Å².